The summed E-state index contributed by atoms with van der Waals surface area (Å²) in [7, 11) is 0. The summed E-state index contributed by atoms with van der Waals surface area (Å²) >= 11 is 6.16. The summed E-state index contributed by atoms with van der Waals surface area (Å²) in [4.78, 5) is 54.9. The lowest BCUT2D eigenvalue weighted by atomic mass is 9.33. The van der Waals surface area contributed by atoms with Gasteiger partial charge in [0.2, 0.25) is 5.91 Å². The van der Waals surface area contributed by atoms with E-state index >= 15 is 0 Å². The highest BCUT2D eigenvalue weighted by molar-refractivity contribution is 6.30. The molecule has 6 rings (SSSR count). The first-order chi connectivity index (χ1) is 26.4. The zero-order chi connectivity index (χ0) is 42.2. The molecule has 0 saturated heterocycles. The lowest BCUT2D eigenvalue weighted by Gasteiger charge is -2.71. The summed E-state index contributed by atoms with van der Waals surface area (Å²) in [5, 5.41) is 22.4. The topological polar surface area (TPSA) is 121 Å². The van der Waals surface area contributed by atoms with Crippen LogP contribution in [0.5, 0.6) is 0 Å². The Bertz CT molecular complexity index is 1780. The minimum absolute atomic E-state index is 0.0277. The van der Waals surface area contributed by atoms with Crippen molar-refractivity contribution in [3.05, 3.63) is 46.0 Å². The fourth-order valence-corrected chi connectivity index (χ4v) is 13.8. The van der Waals surface area contributed by atoms with Crippen molar-refractivity contribution in [1.82, 2.24) is 4.90 Å². The predicted octanol–water partition coefficient (Wildman–Crippen LogP) is 9.93. The number of fused-ring (bicyclic) bond motifs is 7. The molecule has 0 heterocycles. The molecule has 4 fully saturated rings. The Kier molecular flexibility index (Phi) is 11.8. The Balaban J connectivity index is 1.25. The van der Waals surface area contributed by atoms with E-state index in [1.807, 2.05) is 38.1 Å². The largest absolute Gasteiger partial charge is 0.481 e. The van der Waals surface area contributed by atoms with E-state index in [4.69, 9.17) is 16.3 Å². The normalized spacial score (nSPS) is 35.2. The van der Waals surface area contributed by atoms with Gasteiger partial charge in [-0.25, -0.2) is 0 Å². The van der Waals surface area contributed by atoms with Crippen LogP contribution in [0, 0.1) is 68.5 Å². The average Bonchev–Trinajstić information content (AvgIpc) is 3.41. The van der Waals surface area contributed by atoms with Gasteiger partial charge in [-0.1, -0.05) is 91.6 Å². The van der Waals surface area contributed by atoms with Crippen LogP contribution in [0.25, 0.3) is 0 Å². The first-order valence-electron chi connectivity index (χ1n) is 21.8. The zero-order valence-electron chi connectivity index (χ0n) is 36.5. The fourth-order valence-electron chi connectivity index (χ4n) is 13.7. The van der Waals surface area contributed by atoms with Crippen LogP contribution < -0.4 is 0 Å². The van der Waals surface area contributed by atoms with Gasteiger partial charge in [0.25, 0.3) is 0 Å². The van der Waals surface area contributed by atoms with E-state index in [1.165, 1.54) is 5.57 Å². The van der Waals surface area contributed by atoms with Crippen LogP contribution in [0.2, 0.25) is 5.02 Å². The predicted molar refractivity (Wildman–Crippen MR) is 223 cm³/mol. The quantitative estimate of drug-likeness (QED) is 0.214. The molecular weight excluding hydrogens is 738 g/mol. The molecule has 57 heavy (non-hydrogen) atoms. The summed E-state index contributed by atoms with van der Waals surface area (Å²) in [6.07, 6.45) is 6.34. The Morgan fingerprint density at radius 2 is 1.53 bits per heavy atom. The number of aliphatic carboxylic acids is 1. The monoisotopic (exact) mass is 807 g/mol. The van der Waals surface area contributed by atoms with Crippen molar-refractivity contribution in [3.63, 3.8) is 0 Å². The third-order valence-corrected chi connectivity index (χ3v) is 17.0. The smallest absolute Gasteiger partial charge is 0.309 e. The average molecular weight is 809 g/mol. The van der Waals surface area contributed by atoms with Gasteiger partial charge in [-0.05, 0) is 134 Å². The van der Waals surface area contributed by atoms with Crippen molar-refractivity contribution >= 4 is 35.2 Å². The van der Waals surface area contributed by atoms with Crippen LogP contribution in [0.4, 0.5) is 0 Å². The number of carboxylic acids is 1. The third-order valence-electron chi connectivity index (χ3n) is 16.8. The van der Waals surface area contributed by atoms with E-state index in [9.17, 15) is 29.4 Å². The van der Waals surface area contributed by atoms with Crippen LogP contribution >= 0.6 is 11.6 Å². The van der Waals surface area contributed by atoms with Gasteiger partial charge in [0.05, 0.1) is 23.9 Å². The van der Waals surface area contributed by atoms with Gasteiger partial charge < -0.3 is 19.8 Å². The number of carboxylic acid groups (broad SMARTS) is 1. The molecule has 10 atom stereocenters. The molecule has 0 aliphatic heterocycles. The summed E-state index contributed by atoms with van der Waals surface area (Å²) < 4.78 is 6.17. The third kappa shape index (κ3) is 7.33. The van der Waals surface area contributed by atoms with Gasteiger partial charge in [-0.15, -0.1) is 0 Å². The molecule has 8 nitrogen and oxygen atoms in total. The number of hydrogen-bond donors (Lipinski definition) is 2. The highest BCUT2D eigenvalue weighted by atomic mass is 35.5. The number of ether oxygens (including phenoxy) is 1. The Morgan fingerprint density at radius 3 is 2.12 bits per heavy atom. The number of carbonyl (C=O) groups excluding carboxylic acids is 3. The summed E-state index contributed by atoms with van der Waals surface area (Å²) in [6.45, 7) is 23.7. The van der Waals surface area contributed by atoms with Crippen molar-refractivity contribution in [2.45, 2.75) is 153 Å². The maximum Gasteiger partial charge on any atom is 0.309 e. The number of esters is 1. The Morgan fingerprint density at radius 1 is 0.895 bits per heavy atom. The van der Waals surface area contributed by atoms with Crippen molar-refractivity contribution in [2.75, 3.05) is 6.54 Å². The molecule has 0 bridgehead atoms. The van der Waals surface area contributed by atoms with Crippen LogP contribution in [0.1, 0.15) is 140 Å². The van der Waals surface area contributed by atoms with Crippen LogP contribution in [-0.4, -0.2) is 57.5 Å². The van der Waals surface area contributed by atoms with Crippen LogP contribution in [0.3, 0.4) is 0 Å². The molecule has 0 spiro atoms. The van der Waals surface area contributed by atoms with Crippen molar-refractivity contribution in [3.8, 4) is 0 Å². The first kappa shape index (κ1) is 43.9. The lowest BCUT2D eigenvalue weighted by molar-refractivity contribution is -0.232. The first-order valence-corrected chi connectivity index (χ1v) is 22.2. The molecule has 9 heteroatoms. The molecule has 1 amide bonds. The van der Waals surface area contributed by atoms with Gasteiger partial charge in [-0.2, -0.15) is 0 Å². The second-order valence-corrected chi connectivity index (χ2v) is 21.9. The van der Waals surface area contributed by atoms with Gasteiger partial charge in [0, 0.05) is 29.4 Å². The number of halogens is 1. The molecular formula is C48H70ClNO7. The molecule has 0 aromatic heterocycles. The highest BCUT2D eigenvalue weighted by Gasteiger charge is 2.69. The molecule has 1 aromatic carbocycles. The highest BCUT2D eigenvalue weighted by Crippen LogP contribution is 2.76. The van der Waals surface area contributed by atoms with Gasteiger partial charge in [0.1, 0.15) is 6.10 Å². The van der Waals surface area contributed by atoms with Gasteiger partial charge >= 0.3 is 11.9 Å². The van der Waals surface area contributed by atoms with Crippen molar-refractivity contribution in [2.24, 2.45) is 68.5 Å². The number of amides is 1. The van der Waals surface area contributed by atoms with E-state index < -0.39 is 29.4 Å². The number of carbonyl (C=O) groups is 4. The number of aliphatic hydroxyl groups excluding tert-OH is 1. The number of ketones is 1. The summed E-state index contributed by atoms with van der Waals surface area (Å²) in [5.41, 5.74) is 1.77. The number of allylic oxidation sites excluding steroid dienone is 2. The molecule has 316 valence electrons. The number of rotatable bonds is 11. The van der Waals surface area contributed by atoms with Crippen molar-refractivity contribution < 1.29 is 34.1 Å². The van der Waals surface area contributed by atoms with Gasteiger partial charge in [-0.3, -0.25) is 19.2 Å². The second-order valence-electron chi connectivity index (χ2n) is 21.4. The Labute approximate surface area is 346 Å². The second kappa shape index (κ2) is 15.4. The van der Waals surface area contributed by atoms with E-state index in [1.54, 1.807) is 18.7 Å². The van der Waals surface area contributed by atoms with Crippen molar-refractivity contribution in [1.29, 1.82) is 0 Å². The molecule has 5 aliphatic rings. The summed E-state index contributed by atoms with van der Waals surface area (Å²) in [5.74, 6) is -1.14. The molecule has 1 aromatic rings. The fraction of sp³-hybridized carbons (Fsp3) is 0.750. The van der Waals surface area contributed by atoms with E-state index in [0.717, 1.165) is 62.5 Å². The number of nitrogens with zero attached hydrogens (tertiary/aromatic N) is 1. The van der Waals surface area contributed by atoms with Crippen LogP contribution in [-0.2, 0) is 30.5 Å². The standard InChI is InChI=1S/C48H70ClNO7/c1-27(2)38-39-31(40(41(38)53)33(51)26-50(42(54)28(3)4)25-29-12-14-30(49)15-13-29)18-22-47(10)32(39)16-17-35-46(9)21-20-36(57-37(52)24-44(5,6)43(55)56)45(7,8)34(46)19-23-48(35,47)11/h12-15,27-28,31-36,40,51H,16-26H2,1-11H3,(H,55,56)/t31?,32-,33+,34-,35-,36+,40-,46+,47-,48-/m1/s1. The molecule has 4 saturated carbocycles. The molecule has 0 radical (unpaired) electrons. The molecule has 5 aliphatic carbocycles. The maximum atomic E-state index is 14.7. The Hall–Kier alpha value is -2.71. The maximum absolute atomic E-state index is 14.7. The van der Waals surface area contributed by atoms with Gasteiger partial charge in [0.15, 0.2) is 5.78 Å². The number of benzene rings is 1. The van der Waals surface area contributed by atoms with E-state index in [0.29, 0.717) is 23.4 Å². The van der Waals surface area contributed by atoms with E-state index in [2.05, 4.69) is 48.5 Å². The number of hydrogen-bond acceptors (Lipinski definition) is 6. The lowest BCUT2D eigenvalue weighted by Crippen LogP contribution is -2.65. The molecule has 2 N–H and O–H groups in total. The van der Waals surface area contributed by atoms with E-state index in [-0.39, 0.29) is 76.1 Å². The zero-order valence-corrected chi connectivity index (χ0v) is 37.3. The minimum Gasteiger partial charge on any atom is -0.481 e. The number of Topliss-reactive ketones (excluding diaryl/α,β-unsaturated/α-hetero) is 1. The minimum atomic E-state index is -1.18. The number of aliphatic hydroxyl groups is 1. The van der Waals surface area contributed by atoms with Crippen LogP contribution in [0.15, 0.2) is 35.4 Å². The SMILES string of the molecule is CC(C)C(=O)N(Cc1ccc(Cl)cc1)C[C@H](O)[C@@H]1C(=O)C(C(C)C)=C2C1CC[C@]1(C)[C@@H]2CC[C@@H]2[C@@]3(C)CC[C@H](OC(=O)CC(C)(C)C(=O)O)C(C)(C)[C@H]3CC[C@]21C. The summed E-state index contributed by atoms with van der Waals surface area (Å²) in [6, 6.07) is 7.45. The molecule has 1 unspecified atom stereocenters.